The van der Waals surface area contributed by atoms with Gasteiger partial charge in [-0.2, -0.15) is 0 Å². The number of carbonyl (C=O) groups is 2. The number of hydrogen-bond acceptors (Lipinski definition) is 5. The summed E-state index contributed by atoms with van der Waals surface area (Å²) in [6.45, 7) is 0.739. The summed E-state index contributed by atoms with van der Waals surface area (Å²) in [6, 6.07) is 13.4. The Morgan fingerprint density at radius 1 is 0.912 bits per heavy atom. The van der Waals surface area contributed by atoms with Gasteiger partial charge >= 0.3 is 0 Å². The smallest absolute Gasteiger partial charge is 0.300 e. The quantitative estimate of drug-likeness (QED) is 0.291. The highest BCUT2D eigenvalue weighted by atomic mass is 35.5. The Morgan fingerprint density at radius 3 is 2.24 bits per heavy atom. The van der Waals surface area contributed by atoms with E-state index < -0.39 is 29.3 Å². The second kappa shape index (κ2) is 8.66. The molecule has 0 aromatic heterocycles. The summed E-state index contributed by atoms with van der Waals surface area (Å²) in [7, 11) is 0. The van der Waals surface area contributed by atoms with Gasteiger partial charge in [0.05, 0.1) is 11.6 Å². The lowest BCUT2D eigenvalue weighted by Gasteiger charge is -2.26. The SMILES string of the molecule is O=C1C(=O)N(c2cc(Cl)cc(Cl)c2)C(c2ccc(F)cc2)/C1=C(/O)c1ccc2c(c1)OCCO2. The summed E-state index contributed by atoms with van der Waals surface area (Å²) in [5.74, 6) is -1.76. The maximum Gasteiger partial charge on any atom is 0.300 e. The molecule has 1 N–H and O–H groups in total. The third-order valence-electron chi connectivity index (χ3n) is 5.57. The van der Waals surface area contributed by atoms with E-state index in [0.717, 1.165) is 0 Å². The fourth-order valence-electron chi connectivity index (χ4n) is 4.08. The Bertz CT molecular complexity index is 1340. The number of hydrogen-bond donors (Lipinski definition) is 1. The van der Waals surface area contributed by atoms with Gasteiger partial charge < -0.3 is 14.6 Å². The Kier molecular flexibility index (Phi) is 5.67. The average Bonchev–Trinajstić information content (AvgIpc) is 3.08. The molecular formula is C25H16Cl2FNO5. The number of amides is 1. The lowest BCUT2D eigenvalue weighted by molar-refractivity contribution is -0.132. The molecule has 172 valence electrons. The van der Waals surface area contributed by atoms with Crippen molar-refractivity contribution < 1.29 is 28.6 Å². The second-order valence-electron chi connectivity index (χ2n) is 7.71. The molecule has 3 aromatic rings. The molecule has 9 heteroatoms. The Labute approximate surface area is 203 Å². The molecule has 1 amide bonds. The highest BCUT2D eigenvalue weighted by molar-refractivity contribution is 6.52. The van der Waals surface area contributed by atoms with Crippen molar-refractivity contribution >= 4 is 46.3 Å². The Hall–Kier alpha value is -3.55. The van der Waals surface area contributed by atoms with Crippen molar-refractivity contribution in [1.29, 1.82) is 0 Å². The average molecular weight is 500 g/mol. The topological polar surface area (TPSA) is 76.1 Å². The van der Waals surface area contributed by atoms with Crippen molar-refractivity contribution in [2.75, 3.05) is 18.1 Å². The number of benzene rings is 3. The predicted molar refractivity (Wildman–Crippen MR) is 125 cm³/mol. The third kappa shape index (κ3) is 3.87. The standard InChI is InChI=1S/C25H16Cl2FNO5/c26-15-10-16(27)12-18(11-15)29-22(13-1-4-17(28)5-2-13)21(24(31)25(29)32)23(30)14-3-6-19-20(9-14)34-8-7-33-19/h1-6,9-12,22,30H,7-8H2/b23-21-. The summed E-state index contributed by atoms with van der Waals surface area (Å²) in [4.78, 5) is 27.6. The van der Waals surface area contributed by atoms with Gasteiger partial charge in [-0.1, -0.05) is 35.3 Å². The van der Waals surface area contributed by atoms with Gasteiger partial charge in [0, 0.05) is 21.3 Å². The summed E-state index contributed by atoms with van der Waals surface area (Å²) in [5.41, 5.74) is 0.772. The molecule has 0 spiro atoms. The number of fused-ring (bicyclic) bond motifs is 1. The molecule has 3 aromatic carbocycles. The van der Waals surface area contributed by atoms with E-state index in [2.05, 4.69) is 0 Å². The van der Waals surface area contributed by atoms with Gasteiger partial charge in [0.25, 0.3) is 11.7 Å². The molecule has 6 nitrogen and oxygen atoms in total. The molecule has 5 rings (SSSR count). The highest BCUT2D eigenvalue weighted by Crippen LogP contribution is 2.44. The van der Waals surface area contributed by atoms with E-state index in [1.807, 2.05) is 0 Å². The van der Waals surface area contributed by atoms with Crippen LogP contribution in [0.5, 0.6) is 11.5 Å². The zero-order valence-electron chi connectivity index (χ0n) is 17.4. The zero-order chi connectivity index (χ0) is 24.0. The van der Waals surface area contributed by atoms with Crippen LogP contribution in [0.15, 0.2) is 66.2 Å². The van der Waals surface area contributed by atoms with Gasteiger partial charge in [0.15, 0.2) is 11.5 Å². The molecule has 0 bridgehead atoms. The van der Waals surface area contributed by atoms with E-state index in [4.69, 9.17) is 32.7 Å². The minimum Gasteiger partial charge on any atom is -0.507 e. The van der Waals surface area contributed by atoms with E-state index in [0.29, 0.717) is 30.3 Å². The number of nitrogens with zero attached hydrogens (tertiary/aromatic N) is 1. The van der Waals surface area contributed by atoms with Crippen molar-refractivity contribution in [3.63, 3.8) is 0 Å². The summed E-state index contributed by atoms with van der Waals surface area (Å²) in [5, 5.41) is 11.7. The molecule has 0 saturated carbocycles. The number of Topliss-reactive ketones (excluding diaryl/α,β-unsaturated/α-hetero) is 1. The van der Waals surface area contributed by atoms with Crippen LogP contribution in [0, 0.1) is 5.82 Å². The summed E-state index contributed by atoms with van der Waals surface area (Å²) >= 11 is 12.3. The Balaban J connectivity index is 1.71. The summed E-state index contributed by atoms with van der Waals surface area (Å²) < 4.78 is 24.7. The van der Waals surface area contributed by atoms with Gasteiger partial charge in [0.2, 0.25) is 0 Å². The minimum absolute atomic E-state index is 0.163. The van der Waals surface area contributed by atoms with Crippen molar-refractivity contribution in [3.8, 4) is 11.5 Å². The van der Waals surface area contributed by atoms with Gasteiger partial charge in [-0.05, 0) is 54.1 Å². The van der Waals surface area contributed by atoms with Crippen LogP contribution in [-0.4, -0.2) is 30.0 Å². The van der Waals surface area contributed by atoms with E-state index in [1.54, 1.807) is 12.1 Å². The molecule has 2 aliphatic heterocycles. The number of ether oxygens (including phenoxy) is 2. The molecule has 1 atom stereocenters. The van der Waals surface area contributed by atoms with Crippen LogP contribution in [0.4, 0.5) is 10.1 Å². The molecular weight excluding hydrogens is 484 g/mol. The highest BCUT2D eigenvalue weighted by Gasteiger charge is 2.47. The van der Waals surface area contributed by atoms with Crippen LogP contribution in [0.3, 0.4) is 0 Å². The van der Waals surface area contributed by atoms with Crippen LogP contribution >= 0.6 is 23.2 Å². The maximum absolute atomic E-state index is 13.7. The largest absolute Gasteiger partial charge is 0.507 e. The first-order valence-electron chi connectivity index (χ1n) is 10.3. The maximum atomic E-state index is 13.7. The van der Waals surface area contributed by atoms with Crippen molar-refractivity contribution in [1.82, 2.24) is 0 Å². The van der Waals surface area contributed by atoms with Crippen molar-refractivity contribution in [2.24, 2.45) is 0 Å². The predicted octanol–water partition coefficient (Wildman–Crippen LogP) is 5.53. The van der Waals surface area contributed by atoms with Gasteiger partial charge in [-0.25, -0.2) is 4.39 Å². The van der Waals surface area contributed by atoms with E-state index >= 15 is 0 Å². The van der Waals surface area contributed by atoms with Gasteiger partial charge in [0.1, 0.15) is 24.8 Å². The molecule has 0 radical (unpaired) electrons. The van der Waals surface area contributed by atoms with Gasteiger partial charge in [-0.3, -0.25) is 14.5 Å². The number of aliphatic hydroxyl groups excluding tert-OH is 1. The lowest BCUT2D eigenvalue weighted by Crippen LogP contribution is -2.29. The fraction of sp³-hybridized carbons (Fsp3) is 0.120. The molecule has 0 aliphatic carbocycles. The van der Waals surface area contributed by atoms with Crippen molar-refractivity contribution in [3.05, 3.63) is 93.2 Å². The number of aliphatic hydroxyl groups is 1. The first-order chi connectivity index (χ1) is 16.3. The van der Waals surface area contributed by atoms with Crippen LogP contribution in [0.2, 0.25) is 10.0 Å². The van der Waals surface area contributed by atoms with Crippen molar-refractivity contribution in [2.45, 2.75) is 6.04 Å². The second-order valence-corrected chi connectivity index (χ2v) is 8.58. The number of anilines is 1. The molecule has 34 heavy (non-hydrogen) atoms. The van der Waals surface area contributed by atoms with Crippen LogP contribution in [-0.2, 0) is 9.59 Å². The van der Waals surface area contributed by atoms with Crippen LogP contribution in [0.25, 0.3) is 5.76 Å². The van der Waals surface area contributed by atoms with E-state index in [1.165, 1.54) is 53.4 Å². The van der Waals surface area contributed by atoms with Gasteiger partial charge in [-0.15, -0.1) is 0 Å². The number of halogens is 3. The van der Waals surface area contributed by atoms with Crippen LogP contribution < -0.4 is 14.4 Å². The first kappa shape index (κ1) is 22.3. The minimum atomic E-state index is -1.05. The van der Waals surface area contributed by atoms with E-state index in [9.17, 15) is 19.1 Å². The van der Waals surface area contributed by atoms with Crippen LogP contribution in [0.1, 0.15) is 17.2 Å². The lowest BCUT2D eigenvalue weighted by atomic mass is 9.95. The van der Waals surface area contributed by atoms with E-state index in [-0.39, 0.29) is 26.9 Å². The molecule has 2 aliphatic rings. The zero-order valence-corrected chi connectivity index (χ0v) is 18.9. The Morgan fingerprint density at radius 2 is 1.56 bits per heavy atom. The number of rotatable bonds is 3. The summed E-state index contributed by atoms with van der Waals surface area (Å²) in [6.07, 6.45) is 0. The normalized spacial score (nSPS) is 18.9. The molecule has 1 saturated heterocycles. The molecule has 1 fully saturated rings. The molecule has 2 heterocycles. The number of ketones is 1. The number of carbonyl (C=O) groups excluding carboxylic acids is 2. The molecule has 1 unspecified atom stereocenters. The monoisotopic (exact) mass is 499 g/mol. The third-order valence-corrected chi connectivity index (χ3v) is 6.01. The first-order valence-corrected chi connectivity index (χ1v) is 11.0. The fourth-order valence-corrected chi connectivity index (χ4v) is 4.60.